The number of hydrogen-bond donors (Lipinski definition) is 1. The fraction of sp³-hybridized carbons (Fsp3) is 0.111. The van der Waals surface area contributed by atoms with E-state index in [0.29, 0.717) is 23.1 Å². The molecule has 0 bridgehead atoms. The quantitative estimate of drug-likeness (QED) is 0.593. The van der Waals surface area contributed by atoms with Gasteiger partial charge in [0, 0.05) is 16.0 Å². The molecular formula is C18H14Cl2N2O2S. The van der Waals surface area contributed by atoms with Crippen LogP contribution in [0, 0.1) is 6.92 Å². The maximum Gasteiger partial charge on any atom is 0.328 e. The molecular weight excluding hydrogens is 379 g/mol. The SMILES string of the molecule is Cc1nc(Cl)c(/C=C/C(=O)O)n1Cc1ccc(-c2cccs2)cc1Cl. The Morgan fingerprint density at radius 3 is 2.80 bits per heavy atom. The molecule has 0 amide bonds. The zero-order chi connectivity index (χ0) is 18.0. The third-order valence-electron chi connectivity index (χ3n) is 3.72. The van der Waals surface area contributed by atoms with Gasteiger partial charge in [0.15, 0.2) is 5.15 Å². The second-order valence-electron chi connectivity index (χ2n) is 5.38. The molecule has 0 fully saturated rings. The van der Waals surface area contributed by atoms with Crippen LogP contribution in [0.1, 0.15) is 17.1 Å². The van der Waals surface area contributed by atoms with Crippen LogP contribution in [0.5, 0.6) is 0 Å². The van der Waals surface area contributed by atoms with Gasteiger partial charge in [-0.05, 0) is 41.6 Å². The number of aliphatic carboxylic acids is 1. The van der Waals surface area contributed by atoms with Crippen molar-refractivity contribution in [2.24, 2.45) is 0 Å². The number of aromatic nitrogens is 2. The van der Waals surface area contributed by atoms with Crippen LogP contribution in [0.2, 0.25) is 10.2 Å². The van der Waals surface area contributed by atoms with Crippen LogP contribution in [0.15, 0.2) is 41.8 Å². The minimum absolute atomic E-state index is 0.265. The first-order valence-electron chi connectivity index (χ1n) is 7.41. The fourth-order valence-electron chi connectivity index (χ4n) is 2.50. The largest absolute Gasteiger partial charge is 0.478 e. The van der Waals surface area contributed by atoms with Crippen LogP contribution in [0.3, 0.4) is 0 Å². The summed E-state index contributed by atoms with van der Waals surface area (Å²) in [5.41, 5.74) is 2.51. The molecule has 2 aromatic heterocycles. The Kier molecular flexibility index (Phi) is 5.27. The van der Waals surface area contributed by atoms with Crippen LogP contribution >= 0.6 is 34.5 Å². The van der Waals surface area contributed by atoms with E-state index in [4.69, 9.17) is 28.3 Å². The summed E-state index contributed by atoms with van der Waals surface area (Å²) in [4.78, 5) is 16.2. The summed E-state index contributed by atoms with van der Waals surface area (Å²) in [5.74, 6) is -0.353. The highest BCUT2D eigenvalue weighted by atomic mass is 35.5. The van der Waals surface area contributed by atoms with Gasteiger partial charge in [-0.25, -0.2) is 9.78 Å². The number of rotatable bonds is 5. The third kappa shape index (κ3) is 3.95. The lowest BCUT2D eigenvalue weighted by molar-refractivity contribution is -0.131. The highest BCUT2D eigenvalue weighted by Gasteiger charge is 2.13. The number of benzene rings is 1. The summed E-state index contributed by atoms with van der Waals surface area (Å²) in [6, 6.07) is 9.97. The Balaban J connectivity index is 1.94. The van der Waals surface area contributed by atoms with Gasteiger partial charge in [-0.2, -0.15) is 0 Å². The van der Waals surface area contributed by atoms with Gasteiger partial charge in [0.25, 0.3) is 0 Å². The topological polar surface area (TPSA) is 55.1 Å². The van der Waals surface area contributed by atoms with E-state index in [1.165, 1.54) is 6.08 Å². The average molecular weight is 393 g/mol. The van der Waals surface area contributed by atoms with Crippen molar-refractivity contribution in [2.75, 3.05) is 0 Å². The maximum atomic E-state index is 10.8. The van der Waals surface area contributed by atoms with E-state index in [0.717, 1.165) is 22.1 Å². The van der Waals surface area contributed by atoms with Gasteiger partial charge in [0.1, 0.15) is 5.82 Å². The second kappa shape index (κ2) is 7.44. The molecule has 0 atom stereocenters. The summed E-state index contributed by atoms with van der Waals surface area (Å²) >= 11 is 14.2. The normalized spacial score (nSPS) is 11.3. The Bertz CT molecular complexity index is 946. The molecule has 1 N–H and O–H groups in total. The molecule has 0 saturated carbocycles. The monoisotopic (exact) mass is 392 g/mol. The number of halogens is 2. The first kappa shape index (κ1) is 17.7. The fourth-order valence-corrected chi connectivity index (χ4v) is 3.75. The van der Waals surface area contributed by atoms with Gasteiger partial charge < -0.3 is 9.67 Å². The Morgan fingerprint density at radius 1 is 1.36 bits per heavy atom. The van der Waals surface area contributed by atoms with Crippen molar-refractivity contribution in [3.8, 4) is 10.4 Å². The van der Waals surface area contributed by atoms with E-state index in [-0.39, 0.29) is 5.15 Å². The lowest BCUT2D eigenvalue weighted by Crippen LogP contribution is -2.05. The van der Waals surface area contributed by atoms with Crippen molar-refractivity contribution < 1.29 is 9.90 Å². The standard InChI is InChI=1S/C18H14Cl2N2O2S/c1-11-21-18(20)15(6-7-17(23)24)22(11)10-13-5-4-12(9-14(13)19)16-3-2-8-25-16/h2-9H,10H2,1H3,(H,23,24)/b7-6+. The predicted octanol–water partition coefficient (Wildman–Crippen LogP) is 5.37. The zero-order valence-electron chi connectivity index (χ0n) is 13.2. The van der Waals surface area contributed by atoms with E-state index in [1.54, 1.807) is 11.3 Å². The maximum absolute atomic E-state index is 10.8. The van der Waals surface area contributed by atoms with Crippen LogP contribution in [-0.2, 0) is 11.3 Å². The van der Waals surface area contributed by atoms with E-state index in [1.807, 2.05) is 47.2 Å². The van der Waals surface area contributed by atoms with Crippen molar-refractivity contribution in [3.63, 3.8) is 0 Å². The first-order valence-corrected chi connectivity index (χ1v) is 9.05. The number of hydrogen-bond acceptors (Lipinski definition) is 3. The van der Waals surface area contributed by atoms with Gasteiger partial charge in [-0.15, -0.1) is 11.3 Å². The molecule has 0 spiro atoms. The number of thiophene rings is 1. The Hall–Kier alpha value is -2.08. The second-order valence-corrected chi connectivity index (χ2v) is 7.09. The van der Waals surface area contributed by atoms with Crippen molar-refractivity contribution in [2.45, 2.75) is 13.5 Å². The van der Waals surface area contributed by atoms with Crippen molar-refractivity contribution in [3.05, 3.63) is 69.0 Å². The summed E-state index contributed by atoms with van der Waals surface area (Å²) in [6.07, 6.45) is 2.49. The highest BCUT2D eigenvalue weighted by Crippen LogP contribution is 2.30. The molecule has 0 radical (unpaired) electrons. The molecule has 2 heterocycles. The van der Waals surface area contributed by atoms with Crippen molar-refractivity contribution in [1.29, 1.82) is 0 Å². The number of carboxylic acids is 1. The third-order valence-corrected chi connectivity index (χ3v) is 5.27. The van der Waals surface area contributed by atoms with Gasteiger partial charge in [0.2, 0.25) is 0 Å². The minimum Gasteiger partial charge on any atom is -0.478 e. The number of carbonyl (C=O) groups is 1. The molecule has 4 nitrogen and oxygen atoms in total. The molecule has 1 aromatic carbocycles. The molecule has 3 rings (SSSR count). The molecule has 128 valence electrons. The summed E-state index contributed by atoms with van der Waals surface area (Å²) in [6.45, 7) is 2.27. The first-order chi connectivity index (χ1) is 12.0. The van der Waals surface area contributed by atoms with E-state index in [9.17, 15) is 4.79 Å². The van der Waals surface area contributed by atoms with Gasteiger partial charge >= 0.3 is 5.97 Å². The van der Waals surface area contributed by atoms with Crippen LogP contribution in [-0.4, -0.2) is 20.6 Å². The molecule has 3 aromatic rings. The van der Waals surface area contributed by atoms with Crippen LogP contribution < -0.4 is 0 Å². The van der Waals surface area contributed by atoms with Crippen LogP contribution in [0.4, 0.5) is 0 Å². The number of nitrogens with zero attached hydrogens (tertiary/aromatic N) is 2. The lowest BCUT2D eigenvalue weighted by atomic mass is 10.1. The van der Waals surface area contributed by atoms with Gasteiger partial charge in [-0.1, -0.05) is 41.4 Å². The number of carboxylic acid groups (broad SMARTS) is 1. The van der Waals surface area contributed by atoms with Crippen LogP contribution in [0.25, 0.3) is 16.5 Å². The zero-order valence-corrected chi connectivity index (χ0v) is 15.6. The summed E-state index contributed by atoms with van der Waals surface area (Å²) in [7, 11) is 0. The summed E-state index contributed by atoms with van der Waals surface area (Å²) < 4.78 is 1.84. The van der Waals surface area contributed by atoms with Gasteiger partial charge in [-0.3, -0.25) is 0 Å². The molecule has 25 heavy (non-hydrogen) atoms. The molecule has 0 aliphatic heterocycles. The molecule has 0 aliphatic carbocycles. The lowest BCUT2D eigenvalue weighted by Gasteiger charge is -2.11. The predicted molar refractivity (Wildman–Crippen MR) is 103 cm³/mol. The Labute approximate surface area is 159 Å². The summed E-state index contributed by atoms with van der Waals surface area (Å²) in [5, 5.41) is 11.8. The van der Waals surface area contributed by atoms with Gasteiger partial charge in [0.05, 0.1) is 12.2 Å². The highest BCUT2D eigenvalue weighted by molar-refractivity contribution is 7.13. The molecule has 0 aliphatic rings. The smallest absolute Gasteiger partial charge is 0.328 e. The Morgan fingerprint density at radius 2 is 2.16 bits per heavy atom. The number of aryl methyl sites for hydroxylation is 1. The molecule has 7 heteroatoms. The molecule has 0 saturated heterocycles. The van der Waals surface area contributed by atoms with E-state index in [2.05, 4.69) is 4.98 Å². The average Bonchev–Trinajstić information content (AvgIpc) is 3.17. The van der Waals surface area contributed by atoms with Crippen molar-refractivity contribution >= 4 is 46.6 Å². The van der Waals surface area contributed by atoms with E-state index < -0.39 is 5.97 Å². The molecule has 0 unspecified atom stereocenters. The van der Waals surface area contributed by atoms with Crippen molar-refractivity contribution in [1.82, 2.24) is 9.55 Å². The van der Waals surface area contributed by atoms with E-state index >= 15 is 0 Å². The minimum atomic E-state index is -1.04. The number of imidazole rings is 1.